The molecule has 2 atom stereocenters. The molecule has 1 heterocycles. The maximum Gasteiger partial charge on any atom is 0.0897 e. The lowest BCUT2D eigenvalue weighted by molar-refractivity contribution is 0.128. The number of alkyl halides is 1. The van der Waals surface area contributed by atoms with Crippen LogP contribution in [-0.2, 0) is 6.54 Å². The summed E-state index contributed by atoms with van der Waals surface area (Å²) in [5.41, 5.74) is 1.36. The van der Waals surface area contributed by atoms with E-state index >= 15 is 0 Å². The Morgan fingerprint density at radius 1 is 1.33 bits per heavy atom. The van der Waals surface area contributed by atoms with Gasteiger partial charge in [0, 0.05) is 19.1 Å². The van der Waals surface area contributed by atoms with E-state index in [2.05, 4.69) is 34.5 Å². The van der Waals surface area contributed by atoms with Crippen molar-refractivity contribution in [3.63, 3.8) is 0 Å². The van der Waals surface area contributed by atoms with Crippen LogP contribution < -0.4 is 5.32 Å². The van der Waals surface area contributed by atoms with Crippen LogP contribution >= 0.6 is 0 Å². The molecule has 0 amide bonds. The smallest absolute Gasteiger partial charge is 0.0897 e. The number of likely N-dealkylation sites (N-methyl/N-ethyl adjacent to an activating group) is 1. The highest BCUT2D eigenvalue weighted by atomic mass is 19.1. The minimum absolute atomic E-state index is 0.193. The van der Waals surface area contributed by atoms with E-state index in [0.717, 1.165) is 26.1 Å². The van der Waals surface area contributed by atoms with Crippen molar-refractivity contribution in [3.05, 3.63) is 35.9 Å². The van der Waals surface area contributed by atoms with E-state index in [0.29, 0.717) is 18.4 Å². The summed E-state index contributed by atoms with van der Waals surface area (Å²) in [5.74, 6) is 0.493. The summed E-state index contributed by atoms with van der Waals surface area (Å²) in [7, 11) is 1.99. The van der Waals surface area contributed by atoms with Crippen LogP contribution in [0.1, 0.15) is 18.4 Å². The van der Waals surface area contributed by atoms with Crippen molar-refractivity contribution in [2.45, 2.75) is 25.4 Å². The van der Waals surface area contributed by atoms with Gasteiger partial charge in [0.25, 0.3) is 0 Å². The Kier molecular flexibility index (Phi) is 5.14. The number of rotatable bonds is 5. The van der Waals surface area contributed by atoms with Crippen molar-refractivity contribution in [2.24, 2.45) is 5.92 Å². The van der Waals surface area contributed by atoms with Crippen LogP contribution in [0.15, 0.2) is 30.3 Å². The van der Waals surface area contributed by atoms with Crippen molar-refractivity contribution in [1.29, 1.82) is 0 Å². The summed E-state index contributed by atoms with van der Waals surface area (Å²) in [6.07, 6.45) is 1.80. The van der Waals surface area contributed by atoms with Crippen molar-refractivity contribution >= 4 is 0 Å². The van der Waals surface area contributed by atoms with E-state index in [1.54, 1.807) is 0 Å². The number of nitrogens with one attached hydrogen (secondary N) is 1. The summed E-state index contributed by atoms with van der Waals surface area (Å²) in [5, 5.41) is 3.35. The number of likely N-dealkylation sites (tertiary alicyclic amines) is 1. The maximum absolute atomic E-state index is 12.5. The lowest BCUT2D eigenvalue weighted by Gasteiger charge is -2.38. The van der Waals surface area contributed by atoms with Gasteiger partial charge in [-0.1, -0.05) is 30.3 Å². The molecule has 1 aromatic carbocycles. The summed E-state index contributed by atoms with van der Waals surface area (Å²) in [6, 6.07) is 11.0. The topological polar surface area (TPSA) is 15.3 Å². The lowest BCUT2D eigenvalue weighted by atomic mass is 9.89. The standard InChI is InChI=1S/C15H23FN2/c1-17-15-12-18(10-8-14(15)7-9-16)11-13-5-3-2-4-6-13/h2-6,14-15,17H,7-12H2,1H3/t14-,15-/m1/s1. The molecule has 3 heteroatoms. The van der Waals surface area contributed by atoms with Gasteiger partial charge in [0.2, 0.25) is 0 Å². The molecule has 1 aromatic rings. The average molecular weight is 250 g/mol. The van der Waals surface area contributed by atoms with Crippen LogP contribution in [0.3, 0.4) is 0 Å². The number of nitrogens with zero attached hydrogens (tertiary/aromatic N) is 1. The Labute approximate surface area is 109 Å². The third kappa shape index (κ3) is 3.53. The number of hydrogen-bond acceptors (Lipinski definition) is 2. The molecule has 18 heavy (non-hydrogen) atoms. The molecule has 2 rings (SSSR count). The van der Waals surface area contributed by atoms with Crippen LogP contribution in [0.4, 0.5) is 4.39 Å². The van der Waals surface area contributed by atoms with Crippen LogP contribution in [0.5, 0.6) is 0 Å². The Bertz CT molecular complexity index is 342. The summed E-state index contributed by atoms with van der Waals surface area (Å²) < 4.78 is 12.5. The Balaban J connectivity index is 1.89. The molecule has 1 saturated heterocycles. The van der Waals surface area contributed by atoms with Gasteiger partial charge in [-0.2, -0.15) is 0 Å². The Morgan fingerprint density at radius 2 is 2.11 bits per heavy atom. The molecular weight excluding hydrogens is 227 g/mol. The highest BCUT2D eigenvalue weighted by Crippen LogP contribution is 2.22. The number of hydrogen-bond donors (Lipinski definition) is 1. The van der Waals surface area contributed by atoms with Gasteiger partial charge in [-0.25, -0.2) is 0 Å². The second kappa shape index (κ2) is 6.86. The molecule has 1 N–H and O–H groups in total. The highest BCUT2D eigenvalue weighted by Gasteiger charge is 2.27. The molecule has 0 aliphatic carbocycles. The molecule has 0 bridgehead atoms. The first kappa shape index (κ1) is 13.5. The van der Waals surface area contributed by atoms with Crippen LogP contribution in [0.2, 0.25) is 0 Å². The van der Waals surface area contributed by atoms with E-state index in [9.17, 15) is 4.39 Å². The molecule has 0 aromatic heterocycles. The van der Waals surface area contributed by atoms with E-state index in [1.807, 2.05) is 13.1 Å². The molecule has 1 fully saturated rings. The predicted molar refractivity (Wildman–Crippen MR) is 73.3 cm³/mol. The largest absolute Gasteiger partial charge is 0.315 e. The molecule has 2 nitrogen and oxygen atoms in total. The van der Waals surface area contributed by atoms with E-state index in [4.69, 9.17) is 0 Å². The van der Waals surface area contributed by atoms with Crippen LogP contribution in [0, 0.1) is 5.92 Å². The fourth-order valence-electron chi connectivity index (χ4n) is 2.87. The van der Waals surface area contributed by atoms with Crippen molar-refractivity contribution < 1.29 is 4.39 Å². The summed E-state index contributed by atoms with van der Waals surface area (Å²) >= 11 is 0. The first-order chi connectivity index (χ1) is 8.83. The molecule has 1 aliphatic heterocycles. The van der Waals surface area contributed by atoms with Gasteiger partial charge < -0.3 is 5.32 Å². The van der Waals surface area contributed by atoms with E-state index in [-0.39, 0.29) is 6.67 Å². The first-order valence-electron chi connectivity index (χ1n) is 6.83. The lowest BCUT2D eigenvalue weighted by Crippen LogP contribution is -2.49. The second-order valence-corrected chi connectivity index (χ2v) is 5.14. The Hall–Kier alpha value is -0.930. The third-order valence-corrected chi connectivity index (χ3v) is 3.94. The number of piperidine rings is 1. The molecular formula is C15H23FN2. The molecule has 0 unspecified atom stereocenters. The second-order valence-electron chi connectivity index (χ2n) is 5.14. The minimum Gasteiger partial charge on any atom is -0.315 e. The molecule has 100 valence electrons. The average Bonchev–Trinajstić information content (AvgIpc) is 2.42. The van der Waals surface area contributed by atoms with Gasteiger partial charge in [0.1, 0.15) is 0 Å². The summed E-state index contributed by atoms with van der Waals surface area (Å²) in [6.45, 7) is 2.91. The van der Waals surface area contributed by atoms with Crippen molar-refractivity contribution in [1.82, 2.24) is 10.2 Å². The predicted octanol–water partition coefficient (Wildman–Crippen LogP) is 2.46. The zero-order valence-electron chi connectivity index (χ0n) is 11.1. The van der Waals surface area contributed by atoms with Gasteiger partial charge >= 0.3 is 0 Å². The maximum atomic E-state index is 12.5. The van der Waals surface area contributed by atoms with E-state index in [1.165, 1.54) is 5.56 Å². The van der Waals surface area contributed by atoms with Gasteiger partial charge in [-0.05, 0) is 37.9 Å². The van der Waals surface area contributed by atoms with Crippen molar-refractivity contribution in [2.75, 3.05) is 26.8 Å². The quantitative estimate of drug-likeness (QED) is 0.863. The van der Waals surface area contributed by atoms with Gasteiger partial charge in [0.15, 0.2) is 0 Å². The molecule has 1 aliphatic rings. The van der Waals surface area contributed by atoms with Gasteiger partial charge in [0.05, 0.1) is 6.67 Å². The molecule has 0 spiro atoms. The zero-order chi connectivity index (χ0) is 12.8. The van der Waals surface area contributed by atoms with Crippen LogP contribution in [-0.4, -0.2) is 37.8 Å². The normalized spacial score (nSPS) is 25.2. The third-order valence-electron chi connectivity index (χ3n) is 3.94. The fraction of sp³-hybridized carbons (Fsp3) is 0.600. The monoisotopic (exact) mass is 250 g/mol. The fourth-order valence-corrected chi connectivity index (χ4v) is 2.87. The first-order valence-corrected chi connectivity index (χ1v) is 6.83. The van der Waals surface area contributed by atoms with Gasteiger partial charge in [-0.3, -0.25) is 9.29 Å². The highest BCUT2D eigenvalue weighted by molar-refractivity contribution is 5.14. The molecule has 0 radical (unpaired) electrons. The Morgan fingerprint density at radius 3 is 2.78 bits per heavy atom. The summed E-state index contributed by atoms with van der Waals surface area (Å²) in [4.78, 5) is 2.46. The molecule has 0 saturated carbocycles. The number of benzene rings is 1. The van der Waals surface area contributed by atoms with Gasteiger partial charge in [-0.15, -0.1) is 0 Å². The van der Waals surface area contributed by atoms with Crippen molar-refractivity contribution in [3.8, 4) is 0 Å². The van der Waals surface area contributed by atoms with E-state index < -0.39 is 0 Å². The SMILES string of the molecule is CN[C@@H]1CN(Cc2ccccc2)CC[C@H]1CCF. The van der Waals surface area contributed by atoms with Crippen LogP contribution in [0.25, 0.3) is 0 Å². The minimum atomic E-state index is -0.193. The number of halogens is 1. The zero-order valence-corrected chi connectivity index (χ0v) is 11.1.